The molecule has 0 spiro atoms. The van der Waals surface area contributed by atoms with Crippen LogP contribution in [0.25, 0.3) is 11.0 Å². The largest absolute Gasteiger partial charge is 0.323 e. The fraction of sp³-hybridized carbons (Fsp3) is 0. The Labute approximate surface area is 67.4 Å². The van der Waals surface area contributed by atoms with Gasteiger partial charge in [-0.3, -0.25) is 4.98 Å². The lowest BCUT2D eigenvalue weighted by Crippen LogP contribution is -2.03. The molecule has 0 atom stereocenters. The molecule has 2 rings (SSSR count). The molecule has 2 aromatic rings. The summed E-state index contributed by atoms with van der Waals surface area (Å²) in [5.74, 6) is 0. The van der Waals surface area contributed by atoms with E-state index >= 15 is 0 Å². The van der Waals surface area contributed by atoms with Crippen LogP contribution in [0.2, 0.25) is 0 Å². The van der Waals surface area contributed by atoms with Gasteiger partial charge in [-0.1, -0.05) is 0 Å². The van der Waals surface area contributed by atoms with Crippen molar-refractivity contribution in [3.05, 3.63) is 24.1 Å². The Kier molecular flexibility index (Phi) is 1.38. The molecule has 0 aliphatic carbocycles. The highest BCUT2D eigenvalue weighted by molar-refractivity contribution is 5.72. The van der Waals surface area contributed by atoms with Crippen molar-refractivity contribution in [2.24, 2.45) is 4.99 Å². The number of aromatic amines is 2. The lowest BCUT2D eigenvalue weighted by atomic mass is 10.4. The van der Waals surface area contributed by atoms with E-state index in [2.05, 4.69) is 19.9 Å². The number of hydrogen-bond acceptors (Lipinski definition) is 3. The van der Waals surface area contributed by atoms with Gasteiger partial charge in [0.1, 0.15) is 0 Å². The van der Waals surface area contributed by atoms with Gasteiger partial charge in [0.05, 0.1) is 17.2 Å². The van der Waals surface area contributed by atoms with Crippen LogP contribution in [0.15, 0.2) is 23.5 Å². The second kappa shape index (κ2) is 2.51. The standard InChI is InChI=1S/C7H5N5/c8-4-10-7-11-5-1-2-9-3-6(5)12-7/h1-3H,(H2,10,11,12). The molecule has 0 aliphatic rings. The van der Waals surface area contributed by atoms with Crippen LogP contribution < -0.4 is 5.62 Å². The van der Waals surface area contributed by atoms with Gasteiger partial charge in [-0.15, -0.1) is 4.99 Å². The third-order valence-electron chi connectivity index (χ3n) is 1.49. The van der Waals surface area contributed by atoms with Crippen molar-refractivity contribution in [1.29, 1.82) is 5.26 Å². The minimum absolute atomic E-state index is 0.445. The van der Waals surface area contributed by atoms with E-state index in [4.69, 9.17) is 5.26 Å². The normalized spacial score (nSPS) is 11.8. The van der Waals surface area contributed by atoms with Crippen LogP contribution in [0.4, 0.5) is 0 Å². The average Bonchev–Trinajstić information content (AvgIpc) is 2.47. The highest BCUT2D eigenvalue weighted by Crippen LogP contribution is 2.00. The zero-order valence-corrected chi connectivity index (χ0v) is 6.07. The maximum Gasteiger partial charge on any atom is 0.216 e. The lowest BCUT2D eigenvalue weighted by molar-refractivity contribution is 1.11. The first-order valence-corrected chi connectivity index (χ1v) is 3.35. The summed E-state index contributed by atoms with van der Waals surface area (Å²) < 4.78 is 0. The number of fused-ring (bicyclic) bond motifs is 1. The second-order valence-corrected chi connectivity index (χ2v) is 2.23. The molecular weight excluding hydrogens is 154 g/mol. The Hall–Kier alpha value is -2.09. The highest BCUT2D eigenvalue weighted by Gasteiger charge is 1.92. The molecule has 0 unspecified atom stereocenters. The molecule has 5 heteroatoms. The third kappa shape index (κ3) is 0.953. The summed E-state index contributed by atoms with van der Waals surface area (Å²) in [5.41, 5.74) is 2.17. The summed E-state index contributed by atoms with van der Waals surface area (Å²) in [7, 11) is 0. The van der Waals surface area contributed by atoms with Gasteiger partial charge in [0.2, 0.25) is 11.8 Å². The number of H-pyrrole nitrogens is 2. The molecule has 2 aromatic heterocycles. The van der Waals surface area contributed by atoms with Crippen LogP contribution in [-0.2, 0) is 0 Å². The smallest absolute Gasteiger partial charge is 0.216 e. The Morgan fingerprint density at radius 2 is 2.25 bits per heavy atom. The van der Waals surface area contributed by atoms with Crippen LogP contribution in [-0.4, -0.2) is 15.0 Å². The minimum atomic E-state index is 0.445. The monoisotopic (exact) mass is 159 g/mol. The molecule has 12 heavy (non-hydrogen) atoms. The number of hydrogen-bond donors (Lipinski definition) is 2. The third-order valence-corrected chi connectivity index (χ3v) is 1.49. The zero-order valence-electron chi connectivity index (χ0n) is 6.07. The Balaban J connectivity index is 2.81. The lowest BCUT2D eigenvalue weighted by Gasteiger charge is -1.81. The van der Waals surface area contributed by atoms with Crippen molar-refractivity contribution in [3.8, 4) is 6.19 Å². The van der Waals surface area contributed by atoms with Gasteiger partial charge in [-0.05, 0) is 6.07 Å². The fourth-order valence-corrected chi connectivity index (χ4v) is 0.995. The van der Waals surface area contributed by atoms with E-state index in [9.17, 15) is 0 Å². The van der Waals surface area contributed by atoms with Gasteiger partial charge in [-0.2, -0.15) is 5.26 Å². The molecular formula is C7H5N5. The highest BCUT2D eigenvalue weighted by atomic mass is 15.0. The van der Waals surface area contributed by atoms with E-state index < -0.39 is 0 Å². The van der Waals surface area contributed by atoms with E-state index in [0.717, 1.165) is 11.0 Å². The summed E-state index contributed by atoms with van der Waals surface area (Å²) >= 11 is 0. The van der Waals surface area contributed by atoms with Gasteiger partial charge in [0.25, 0.3) is 0 Å². The van der Waals surface area contributed by atoms with Crippen LogP contribution in [0.5, 0.6) is 0 Å². The SMILES string of the molecule is N#CN=c1[nH]c2ccncc2[nH]1. The first kappa shape index (κ1) is 6.61. The number of nitrogens with zero attached hydrogens (tertiary/aromatic N) is 3. The van der Waals surface area contributed by atoms with E-state index in [1.165, 1.54) is 0 Å². The molecule has 2 N–H and O–H groups in total. The van der Waals surface area contributed by atoms with Gasteiger partial charge in [0.15, 0.2) is 0 Å². The predicted molar refractivity (Wildman–Crippen MR) is 41.6 cm³/mol. The molecule has 0 aromatic carbocycles. The Morgan fingerprint density at radius 1 is 1.42 bits per heavy atom. The average molecular weight is 159 g/mol. The van der Waals surface area contributed by atoms with Gasteiger partial charge in [0, 0.05) is 6.20 Å². The predicted octanol–water partition coefficient (Wildman–Crippen LogP) is 0.273. The zero-order chi connectivity index (χ0) is 8.39. The second-order valence-electron chi connectivity index (χ2n) is 2.23. The Bertz CT molecular complexity index is 462. The van der Waals surface area contributed by atoms with E-state index in [1.807, 2.05) is 6.07 Å². The molecule has 58 valence electrons. The maximum absolute atomic E-state index is 8.27. The van der Waals surface area contributed by atoms with Crippen molar-refractivity contribution in [2.75, 3.05) is 0 Å². The molecule has 0 saturated carbocycles. The molecule has 0 radical (unpaired) electrons. The van der Waals surface area contributed by atoms with Crippen molar-refractivity contribution in [3.63, 3.8) is 0 Å². The number of pyridine rings is 1. The number of aromatic nitrogens is 3. The molecule has 0 aliphatic heterocycles. The summed E-state index contributed by atoms with van der Waals surface area (Å²) in [5, 5.41) is 8.27. The van der Waals surface area contributed by atoms with Crippen molar-refractivity contribution in [2.45, 2.75) is 0 Å². The number of imidazole rings is 1. The molecule has 0 fully saturated rings. The van der Waals surface area contributed by atoms with E-state index in [1.54, 1.807) is 18.6 Å². The van der Waals surface area contributed by atoms with Crippen LogP contribution in [0, 0.1) is 11.5 Å². The van der Waals surface area contributed by atoms with Gasteiger partial charge < -0.3 is 9.97 Å². The number of rotatable bonds is 0. The van der Waals surface area contributed by atoms with E-state index in [0.29, 0.717) is 5.62 Å². The first-order valence-electron chi connectivity index (χ1n) is 3.35. The van der Waals surface area contributed by atoms with Crippen molar-refractivity contribution < 1.29 is 0 Å². The molecule has 2 heterocycles. The summed E-state index contributed by atoms with van der Waals surface area (Å²) in [4.78, 5) is 13.2. The van der Waals surface area contributed by atoms with Gasteiger partial charge in [-0.25, -0.2) is 0 Å². The molecule has 0 saturated heterocycles. The molecule has 5 nitrogen and oxygen atoms in total. The molecule has 0 bridgehead atoms. The summed E-state index contributed by atoms with van der Waals surface area (Å²) in [6.45, 7) is 0. The Morgan fingerprint density at radius 3 is 3.00 bits per heavy atom. The summed E-state index contributed by atoms with van der Waals surface area (Å²) in [6.07, 6.45) is 5.03. The van der Waals surface area contributed by atoms with Crippen LogP contribution in [0.1, 0.15) is 0 Å². The molecule has 0 amide bonds. The van der Waals surface area contributed by atoms with Gasteiger partial charge >= 0.3 is 0 Å². The number of nitriles is 1. The minimum Gasteiger partial charge on any atom is -0.323 e. The maximum atomic E-state index is 8.27. The van der Waals surface area contributed by atoms with E-state index in [-0.39, 0.29) is 0 Å². The van der Waals surface area contributed by atoms with Crippen molar-refractivity contribution in [1.82, 2.24) is 15.0 Å². The number of nitrogens with one attached hydrogen (secondary N) is 2. The van der Waals surface area contributed by atoms with Crippen LogP contribution >= 0.6 is 0 Å². The fourth-order valence-electron chi connectivity index (χ4n) is 0.995. The van der Waals surface area contributed by atoms with Crippen LogP contribution in [0.3, 0.4) is 0 Å². The topological polar surface area (TPSA) is 80.6 Å². The van der Waals surface area contributed by atoms with Crippen molar-refractivity contribution >= 4 is 11.0 Å². The quantitative estimate of drug-likeness (QED) is 0.541. The first-order chi connectivity index (χ1) is 5.90. The summed E-state index contributed by atoms with van der Waals surface area (Å²) in [6, 6.07) is 1.81.